The molecule has 1 heterocycles. The molecule has 13 heavy (non-hydrogen) atoms. The molecule has 1 saturated heterocycles. The summed E-state index contributed by atoms with van der Waals surface area (Å²) in [4.78, 5) is 23.0. The van der Waals surface area contributed by atoms with Gasteiger partial charge in [0, 0.05) is 25.6 Å². The van der Waals surface area contributed by atoms with Crippen LogP contribution in [0.2, 0.25) is 0 Å². The lowest BCUT2D eigenvalue weighted by Gasteiger charge is -2.25. The molecule has 1 aliphatic rings. The van der Waals surface area contributed by atoms with Gasteiger partial charge in [-0.1, -0.05) is 6.08 Å². The molecule has 0 radical (unpaired) electrons. The lowest BCUT2D eigenvalue weighted by atomic mass is 10.1. The van der Waals surface area contributed by atoms with Crippen LogP contribution < -0.4 is 0 Å². The Kier molecular flexibility index (Phi) is 3.49. The van der Waals surface area contributed by atoms with Crippen molar-refractivity contribution in [3.05, 3.63) is 12.2 Å². The van der Waals surface area contributed by atoms with E-state index in [1.807, 2.05) is 0 Å². The molecule has 1 N–H and O–H groups in total. The zero-order valence-corrected chi connectivity index (χ0v) is 7.40. The molecule has 0 aliphatic carbocycles. The first-order chi connectivity index (χ1) is 6.20. The van der Waals surface area contributed by atoms with Crippen LogP contribution in [0.1, 0.15) is 19.3 Å². The largest absolute Gasteiger partial charge is 0.478 e. The topological polar surface area (TPSA) is 57.6 Å². The number of carbonyl (C=O) groups is 2. The Morgan fingerprint density at radius 2 is 2.31 bits per heavy atom. The van der Waals surface area contributed by atoms with Crippen molar-refractivity contribution < 1.29 is 14.7 Å². The van der Waals surface area contributed by atoms with E-state index >= 15 is 0 Å². The van der Waals surface area contributed by atoms with Gasteiger partial charge in [0.25, 0.3) is 0 Å². The van der Waals surface area contributed by atoms with Crippen LogP contribution in [0.3, 0.4) is 0 Å². The van der Waals surface area contributed by atoms with Gasteiger partial charge >= 0.3 is 5.97 Å². The molecule has 0 bridgehead atoms. The predicted octanol–water partition coefficient (Wildman–Crippen LogP) is 0.640. The van der Waals surface area contributed by atoms with E-state index in [-0.39, 0.29) is 5.91 Å². The molecule has 1 rings (SSSR count). The van der Waals surface area contributed by atoms with Gasteiger partial charge in [-0.2, -0.15) is 0 Å². The van der Waals surface area contributed by atoms with Crippen LogP contribution in [0.15, 0.2) is 12.2 Å². The first kappa shape index (κ1) is 9.77. The Labute approximate surface area is 76.8 Å². The third-order valence-corrected chi connectivity index (χ3v) is 2.01. The fourth-order valence-electron chi connectivity index (χ4n) is 1.34. The third-order valence-electron chi connectivity index (χ3n) is 2.01. The summed E-state index contributed by atoms with van der Waals surface area (Å²) >= 11 is 0. The maximum atomic E-state index is 11.2. The summed E-state index contributed by atoms with van der Waals surface area (Å²) in [6.07, 6.45) is 5.15. The molecule has 1 aliphatic heterocycles. The molecular formula is C9H13NO3. The summed E-state index contributed by atoms with van der Waals surface area (Å²) in [5.74, 6) is -0.842. The molecule has 1 amide bonds. The summed E-state index contributed by atoms with van der Waals surface area (Å²) < 4.78 is 0. The molecule has 0 aromatic heterocycles. The molecule has 72 valence electrons. The maximum absolute atomic E-state index is 11.2. The number of carbonyl (C=O) groups excluding carboxylic acids is 1. The molecule has 1 fully saturated rings. The quantitative estimate of drug-likeness (QED) is 0.653. The minimum absolute atomic E-state index is 0.126. The maximum Gasteiger partial charge on any atom is 0.328 e. The Balaban J connectivity index is 2.34. The van der Waals surface area contributed by atoms with Gasteiger partial charge in [0.2, 0.25) is 5.91 Å². The number of carboxylic acid groups (broad SMARTS) is 1. The van der Waals surface area contributed by atoms with Crippen molar-refractivity contribution in [1.29, 1.82) is 0 Å². The lowest BCUT2D eigenvalue weighted by molar-refractivity contribution is -0.133. The van der Waals surface area contributed by atoms with E-state index < -0.39 is 5.97 Å². The minimum atomic E-state index is -0.968. The van der Waals surface area contributed by atoms with Crippen molar-refractivity contribution in [1.82, 2.24) is 4.90 Å². The molecule has 0 aromatic carbocycles. The molecule has 4 nitrogen and oxygen atoms in total. The summed E-state index contributed by atoms with van der Waals surface area (Å²) in [6, 6.07) is 0. The number of rotatable bonds is 3. The van der Waals surface area contributed by atoms with Gasteiger partial charge < -0.3 is 10.0 Å². The lowest BCUT2D eigenvalue weighted by Crippen LogP contribution is -2.35. The Morgan fingerprint density at radius 3 is 2.92 bits per heavy atom. The zero-order chi connectivity index (χ0) is 9.68. The molecule has 0 spiro atoms. The monoisotopic (exact) mass is 183 g/mol. The van der Waals surface area contributed by atoms with E-state index in [0.29, 0.717) is 13.0 Å². The molecule has 0 atom stereocenters. The number of carboxylic acids is 1. The first-order valence-electron chi connectivity index (χ1n) is 4.37. The van der Waals surface area contributed by atoms with Crippen LogP contribution in [-0.2, 0) is 9.59 Å². The SMILES string of the molecule is O=C(O)C=CCN1CCCCC1=O. The fourth-order valence-corrected chi connectivity index (χ4v) is 1.34. The van der Waals surface area contributed by atoms with E-state index in [0.717, 1.165) is 25.5 Å². The standard InChI is InChI=1S/C9H13NO3/c11-8-4-1-2-6-10(8)7-3-5-9(12)13/h3,5H,1-2,4,6-7H2,(H,12,13). The van der Waals surface area contributed by atoms with Gasteiger partial charge in [0.1, 0.15) is 0 Å². The van der Waals surface area contributed by atoms with E-state index in [9.17, 15) is 9.59 Å². The van der Waals surface area contributed by atoms with E-state index in [4.69, 9.17) is 5.11 Å². The van der Waals surface area contributed by atoms with E-state index in [2.05, 4.69) is 0 Å². The Bertz CT molecular complexity index is 235. The van der Waals surface area contributed by atoms with Crippen LogP contribution in [0.4, 0.5) is 0 Å². The van der Waals surface area contributed by atoms with Gasteiger partial charge in [-0.15, -0.1) is 0 Å². The molecular weight excluding hydrogens is 170 g/mol. The highest BCUT2D eigenvalue weighted by Crippen LogP contribution is 2.09. The molecule has 4 heteroatoms. The second-order valence-corrected chi connectivity index (χ2v) is 3.04. The highest BCUT2D eigenvalue weighted by Gasteiger charge is 2.15. The second-order valence-electron chi connectivity index (χ2n) is 3.04. The first-order valence-corrected chi connectivity index (χ1v) is 4.37. The van der Waals surface area contributed by atoms with Crippen LogP contribution in [0, 0.1) is 0 Å². The van der Waals surface area contributed by atoms with E-state index in [1.54, 1.807) is 4.90 Å². The van der Waals surface area contributed by atoms with Gasteiger partial charge in [-0.3, -0.25) is 4.79 Å². The predicted molar refractivity (Wildman–Crippen MR) is 47.2 cm³/mol. The van der Waals surface area contributed by atoms with Gasteiger partial charge in [-0.25, -0.2) is 4.79 Å². The minimum Gasteiger partial charge on any atom is -0.478 e. The number of hydrogen-bond acceptors (Lipinski definition) is 2. The normalized spacial score (nSPS) is 18.2. The van der Waals surface area contributed by atoms with Crippen molar-refractivity contribution >= 4 is 11.9 Å². The summed E-state index contributed by atoms with van der Waals surface area (Å²) in [7, 11) is 0. The summed E-state index contributed by atoms with van der Waals surface area (Å²) in [5.41, 5.74) is 0. The molecule has 0 saturated carbocycles. The Hall–Kier alpha value is -1.32. The van der Waals surface area contributed by atoms with Crippen LogP contribution in [0.5, 0.6) is 0 Å². The average molecular weight is 183 g/mol. The Morgan fingerprint density at radius 1 is 1.54 bits per heavy atom. The number of nitrogens with zero attached hydrogens (tertiary/aromatic N) is 1. The fraction of sp³-hybridized carbons (Fsp3) is 0.556. The van der Waals surface area contributed by atoms with Crippen LogP contribution >= 0.6 is 0 Å². The highest BCUT2D eigenvalue weighted by atomic mass is 16.4. The van der Waals surface area contributed by atoms with Crippen LogP contribution in [-0.4, -0.2) is 35.0 Å². The summed E-state index contributed by atoms with van der Waals surface area (Å²) in [5, 5.41) is 8.32. The van der Waals surface area contributed by atoms with Crippen molar-refractivity contribution in [2.75, 3.05) is 13.1 Å². The number of likely N-dealkylation sites (tertiary alicyclic amines) is 1. The van der Waals surface area contributed by atoms with Crippen molar-refractivity contribution in [2.45, 2.75) is 19.3 Å². The van der Waals surface area contributed by atoms with Gasteiger partial charge in [-0.05, 0) is 12.8 Å². The number of amides is 1. The molecule has 0 aromatic rings. The molecule has 0 unspecified atom stereocenters. The highest BCUT2D eigenvalue weighted by molar-refractivity contribution is 5.80. The summed E-state index contributed by atoms with van der Waals surface area (Å²) in [6.45, 7) is 1.17. The smallest absolute Gasteiger partial charge is 0.328 e. The zero-order valence-electron chi connectivity index (χ0n) is 7.40. The second kappa shape index (κ2) is 4.64. The van der Waals surface area contributed by atoms with Crippen molar-refractivity contribution in [3.63, 3.8) is 0 Å². The number of hydrogen-bond donors (Lipinski definition) is 1. The number of piperidine rings is 1. The average Bonchev–Trinajstić information content (AvgIpc) is 2.08. The third kappa shape index (κ3) is 3.27. The van der Waals surface area contributed by atoms with Crippen molar-refractivity contribution in [2.24, 2.45) is 0 Å². The number of aliphatic carboxylic acids is 1. The van der Waals surface area contributed by atoms with Gasteiger partial charge in [0.05, 0.1) is 0 Å². The van der Waals surface area contributed by atoms with Gasteiger partial charge in [0.15, 0.2) is 0 Å². The van der Waals surface area contributed by atoms with E-state index in [1.165, 1.54) is 6.08 Å². The van der Waals surface area contributed by atoms with Crippen molar-refractivity contribution in [3.8, 4) is 0 Å². The van der Waals surface area contributed by atoms with Crippen LogP contribution in [0.25, 0.3) is 0 Å².